The van der Waals surface area contributed by atoms with Gasteiger partial charge in [-0.05, 0) is 40.9 Å². The van der Waals surface area contributed by atoms with Crippen LogP contribution >= 0.6 is 15.9 Å². The van der Waals surface area contributed by atoms with Crippen LogP contribution in [0.25, 0.3) is 0 Å². The molecular weight excluding hydrogens is 240 g/mol. The normalized spacial score (nSPS) is 18.6. The van der Waals surface area contributed by atoms with E-state index in [-0.39, 0.29) is 0 Å². The van der Waals surface area contributed by atoms with Crippen LogP contribution in [-0.4, -0.2) is 19.1 Å². The van der Waals surface area contributed by atoms with Crippen molar-refractivity contribution >= 4 is 21.6 Å². The Bertz CT molecular complexity index is 306. The summed E-state index contributed by atoms with van der Waals surface area (Å²) < 4.78 is 1.18. The number of hydrogen-bond acceptors (Lipinski definition) is 2. The van der Waals surface area contributed by atoms with E-state index < -0.39 is 0 Å². The summed E-state index contributed by atoms with van der Waals surface area (Å²) in [5.41, 5.74) is 7.17. The molecule has 76 valence electrons. The zero-order valence-corrected chi connectivity index (χ0v) is 9.70. The van der Waals surface area contributed by atoms with Crippen molar-refractivity contribution in [3.05, 3.63) is 28.7 Å². The standard InChI is InChI=1S/C11H15BrN2/c12-10-3-1-2-4-11(10)14-7-5-9(13)6-8-14/h1-4,9H,5-8,13H2. The molecule has 0 radical (unpaired) electrons. The second-order valence-corrected chi connectivity index (χ2v) is 4.63. The van der Waals surface area contributed by atoms with Crippen molar-refractivity contribution in [2.45, 2.75) is 18.9 Å². The summed E-state index contributed by atoms with van der Waals surface area (Å²) in [6.45, 7) is 2.15. The van der Waals surface area contributed by atoms with Crippen LogP contribution < -0.4 is 10.6 Å². The molecule has 0 aliphatic carbocycles. The number of anilines is 1. The lowest BCUT2D eigenvalue weighted by molar-refractivity contribution is 0.501. The number of para-hydroxylation sites is 1. The third-order valence-electron chi connectivity index (χ3n) is 2.73. The van der Waals surface area contributed by atoms with Crippen LogP contribution in [0.3, 0.4) is 0 Å². The summed E-state index contributed by atoms with van der Waals surface area (Å²) in [5, 5.41) is 0. The predicted molar refractivity (Wildman–Crippen MR) is 63.6 cm³/mol. The molecule has 0 aromatic heterocycles. The minimum atomic E-state index is 0.397. The van der Waals surface area contributed by atoms with Gasteiger partial charge < -0.3 is 10.6 Å². The van der Waals surface area contributed by atoms with Gasteiger partial charge in [0.25, 0.3) is 0 Å². The SMILES string of the molecule is NC1CCN(c2ccccc2Br)CC1. The lowest BCUT2D eigenvalue weighted by atomic mass is 10.1. The molecule has 1 aromatic carbocycles. The van der Waals surface area contributed by atoms with Crippen molar-refractivity contribution < 1.29 is 0 Å². The molecular formula is C11H15BrN2. The molecule has 3 heteroatoms. The third kappa shape index (κ3) is 2.10. The minimum Gasteiger partial charge on any atom is -0.371 e. The van der Waals surface area contributed by atoms with E-state index in [1.807, 2.05) is 6.07 Å². The molecule has 0 atom stereocenters. The lowest BCUT2D eigenvalue weighted by Gasteiger charge is -2.32. The van der Waals surface area contributed by atoms with Crippen LogP contribution in [0.2, 0.25) is 0 Å². The molecule has 0 amide bonds. The number of rotatable bonds is 1. The zero-order valence-electron chi connectivity index (χ0n) is 8.12. The Kier molecular flexibility index (Phi) is 3.08. The van der Waals surface area contributed by atoms with Gasteiger partial charge in [0.15, 0.2) is 0 Å². The average Bonchev–Trinajstić information content (AvgIpc) is 2.20. The van der Waals surface area contributed by atoms with Crippen LogP contribution in [0, 0.1) is 0 Å². The summed E-state index contributed by atoms with van der Waals surface area (Å²) in [6, 6.07) is 8.76. The van der Waals surface area contributed by atoms with Gasteiger partial charge in [-0.1, -0.05) is 12.1 Å². The van der Waals surface area contributed by atoms with Crippen molar-refractivity contribution in [1.82, 2.24) is 0 Å². The number of nitrogens with zero attached hydrogens (tertiary/aromatic N) is 1. The van der Waals surface area contributed by atoms with Crippen LogP contribution in [0.4, 0.5) is 5.69 Å². The van der Waals surface area contributed by atoms with Gasteiger partial charge in [-0.2, -0.15) is 0 Å². The molecule has 1 fully saturated rings. The van der Waals surface area contributed by atoms with E-state index in [0.29, 0.717) is 6.04 Å². The maximum absolute atomic E-state index is 5.87. The maximum atomic E-state index is 5.87. The van der Waals surface area contributed by atoms with Gasteiger partial charge >= 0.3 is 0 Å². The summed E-state index contributed by atoms with van der Waals surface area (Å²) in [5.74, 6) is 0. The number of piperidine rings is 1. The average molecular weight is 255 g/mol. The van der Waals surface area contributed by atoms with Crippen LogP contribution in [-0.2, 0) is 0 Å². The molecule has 0 unspecified atom stereocenters. The molecule has 14 heavy (non-hydrogen) atoms. The van der Waals surface area contributed by atoms with Gasteiger partial charge in [0.2, 0.25) is 0 Å². The maximum Gasteiger partial charge on any atom is 0.0510 e. The Morgan fingerprint density at radius 2 is 1.86 bits per heavy atom. The predicted octanol–water partition coefficient (Wildman–Crippen LogP) is 2.38. The van der Waals surface area contributed by atoms with Crippen LogP contribution in [0.15, 0.2) is 28.7 Å². The zero-order chi connectivity index (χ0) is 9.97. The first-order chi connectivity index (χ1) is 6.77. The van der Waals surface area contributed by atoms with Gasteiger partial charge in [0.1, 0.15) is 0 Å². The van der Waals surface area contributed by atoms with Crippen molar-refractivity contribution in [2.75, 3.05) is 18.0 Å². The van der Waals surface area contributed by atoms with E-state index in [9.17, 15) is 0 Å². The quantitative estimate of drug-likeness (QED) is 0.834. The smallest absolute Gasteiger partial charge is 0.0510 e. The molecule has 1 saturated heterocycles. The number of nitrogens with two attached hydrogens (primary N) is 1. The molecule has 0 saturated carbocycles. The number of halogens is 1. The second-order valence-electron chi connectivity index (χ2n) is 3.78. The van der Waals surface area contributed by atoms with Crippen LogP contribution in [0.1, 0.15) is 12.8 Å². The fourth-order valence-corrected chi connectivity index (χ4v) is 2.38. The highest BCUT2D eigenvalue weighted by Gasteiger charge is 2.17. The van der Waals surface area contributed by atoms with E-state index in [4.69, 9.17) is 5.73 Å². The first kappa shape index (κ1) is 9.99. The molecule has 2 rings (SSSR count). The lowest BCUT2D eigenvalue weighted by Crippen LogP contribution is -2.39. The fourth-order valence-electron chi connectivity index (χ4n) is 1.85. The second kappa shape index (κ2) is 4.32. The van der Waals surface area contributed by atoms with Gasteiger partial charge in [-0.25, -0.2) is 0 Å². The van der Waals surface area contributed by atoms with Gasteiger partial charge in [-0.3, -0.25) is 0 Å². The summed E-state index contributed by atoms with van der Waals surface area (Å²) in [7, 11) is 0. The molecule has 0 spiro atoms. The molecule has 1 aliphatic heterocycles. The molecule has 0 bridgehead atoms. The Morgan fingerprint density at radius 3 is 2.50 bits per heavy atom. The van der Waals surface area contributed by atoms with E-state index in [2.05, 4.69) is 39.0 Å². The highest BCUT2D eigenvalue weighted by atomic mass is 79.9. The first-order valence-electron chi connectivity index (χ1n) is 5.02. The number of hydrogen-bond donors (Lipinski definition) is 1. The summed E-state index contributed by atoms with van der Waals surface area (Å²) >= 11 is 3.57. The van der Waals surface area contributed by atoms with E-state index in [1.165, 1.54) is 10.2 Å². The number of benzene rings is 1. The van der Waals surface area contributed by atoms with Crippen molar-refractivity contribution in [3.8, 4) is 0 Å². The van der Waals surface area contributed by atoms with Gasteiger partial charge in [0, 0.05) is 23.6 Å². The minimum absolute atomic E-state index is 0.397. The van der Waals surface area contributed by atoms with Crippen LogP contribution in [0.5, 0.6) is 0 Å². The largest absolute Gasteiger partial charge is 0.371 e. The van der Waals surface area contributed by atoms with Crippen molar-refractivity contribution in [2.24, 2.45) is 5.73 Å². The Hall–Kier alpha value is -0.540. The highest BCUT2D eigenvalue weighted by molar-refractivity contribution is 9.10. The highest BCUT2D eigenvalue weighted by Crippen LogP contribution is 2.27. The molecule has 2 N–H and O–H groups in total. The summed E-state index contributed by atoms with van der Waals surface area (Å²) in [6.07, 6.45) is 2.20. The Balaban J connectivity index is 2.12. The van der Waals surface area contributed by atoms with E-state index >= 15 is 0 Å². The van der Waals surface area contributed by atoms with Gasteiger partial charge in [0.05, 0.1) is 5.69 Å². The van der Waals surface area contributed by atoms with Crippen molar-refractivity contribution in [3.63, 3.8) is 0 Å². The topological polar surface area (TPSA) is 29.3 Å². The third-order valence-corrected chi connectivity index (χ3v) is 3.40. The molecule has 1 aliphatic rings. The molecule has 1 heterocycles. The van der Waals surface area contributed by atoms with E-state index in [0.717, 1.165) is 25.9 Å². The van der Waals surface area contributed by atoms with Gasteiger partial charge in [-0.15, -0.1) is 0 Å². The Morgan fingerprint density at radius 1 is 1.21 bits per heavy atom. The van der Waals surface area contributed by atoms with Crippen molar-refractivity contribution in [1.29, 1.82) is 0 Å². The molecule has 2 nitrogen and oxygen atoms in total. The first-order valence-corrected chi connectivity index (χ1v) is 5.82. The molecule has 1 aromatic rings. The van der Waals surface area contributed by atoms with E-state index in [1.54, 1.807) is 0 Å². The monoisotopic (exact) mass is 254 g/mol. The Labute approximate surface area is 93.2 Å². The fraction of sp³-hybridized carbons (Fsp3) is 0.455. The summed E-state index contributed by atoms with van der Waals surface area (Å²) in [4.78, 5) is 2.40.